The normalized spacial score (nSPS) is 21.1. The molecule has 0 spiro atoms. The molecule has 5 heteroatoms. The first-order chi connectivity index (χ1) is 10.7. The summed E-state index contributed by atoms with van der Waals surface area (Å²) in [7, 11) is 3.93. The van der Waals surface area contributed by atoms with Gasteiger partial charge in [-0.15, -0.1) is 0 Å². The molecule has 1 saturated carbocycles. The highest BCUT2D eigenvalue weighted by atomic mass is 14.8. The van der Waals surface area contributed by atoms with Crippen molar-refractivity contribution in [3.05, 3.63) is 29.6 Å². The van der Waals surface area contributed by atoms with Crippen LogP contribution in [0.15, 0.2) is 18.3 Å². The minimum absolute atomic E-state index is 0.583. The van der Waals surface area contributed by atoms with Crippen molar-refractivity contribution in [3.63, 3.8) is 0 Å². The van der Waals surface area contributed by atoms with E-state index in [1.54, 1.807) is 6.20 Å². The Balaban J connectivity index is 0.000000220. The van der Waals surface area contributed by atoms with Crippen LogP contribution >= 0.6 is 0 Å². The Bertz CT molecular complexity index is 394. The quantitative estimate of drug-likeness (QED) is 0.635. The molecule has 2 unspecified atom stereocenters. The third kappa shape index (κ3) is 7.31. The Hall–Kier alpha value is -1.01. The van der Waals surface area contributed by atoms with E-state index in [2.05, 4.69) is 15.6 Å². The molecule has 0 aromatic carbocycles. The highest BCUT2D eigenvalue weighted by Gasteiger charge is 2.19. The third-order valence-electron chi connectivity index (χ3n) is 4.19. The Labute approximate surface area is 135 Å². The summed E-state index contributed by atoms with van der Waals surface area (Å²) < 4.78 is 0. The van der Waals surface area contributed by atoms with Crippen LogP contribution in [0, 0.1) is 11.8 Å². The maximum Gasteiger partial charge on any atom is 0.0544 e. The van der Waals surface area contributed by atoms with Crippen LogP contribution in [-0.4, -0.2) is 32.2 Å². The first kappa shape index (κ1) is 19.0. The van der Waals surface area contributed by atoms with Gasteiger partial charge in [0, 0.05) is 19.3 Å². The number of hydrogen-bond donors (Lipinski definition) is 4. The molecule has 2 atom stereocenters. The highest BCUT2D eigenvalue weighted by Crippen LogP contribution is 2.27. The molecule has 126 valence electrons. The number of nitrogens with two attached hydrogens (primary N) is 2. The van der Waals surface area contributed by atoms with Gasteiger partial charge < -0.3 is 22.1 Å². The molecule has 1 aliphatic rings. The van der Waals surface area contributed by atoms with Crippen LogP contribution in [0.2, 0.25) is 0 Å². The second kappa shape index (κ2) is 11.5. The second-order valence-corrected chi connectivity index (χ2v) is 6.08. The van der Waals surface area contributed by atoms with Gasteiger partial charge in [-0.05, 0) is 76.0 Å². The highest BCUT2D eigenvalue weighted by molar-refractivity contribution is 5.15. The third-order valence-corrected chi connectivity index (χ3v) is 4.19. The zero-order chi connectivity index (χ0) is 16.2. The van der Waals surface area contributed by atoms with Crippen molar-refractivity contribution >= 4 is 0 Å². The number of hydrogen-bond acceptors (Lipinski definition) is 5. The van der Waals surface area contributed by atoms with E-state index in [1.165, 1.54) is 32.2 Å². The summed E-state index contributed by atoms with van der Waals surface area (Å²) in [4.78, 5) is 4.16. The van der Waals surface area contributed by atoms with Gasteiger partial charge in [0.25, 0.3) is 0 Å². The lowest BCUT2D eigenvalue weighted by Crippen LogP contribution is -2.28. The number of rotatable bonds is 6. The van der Waals surface area contributed by atoms with E-state index in [0.717, 1.165) is 36.2 Å². The summed E-state index contributed by atoms with van der Waals surface area (Å²) in [6, 6.07) is 3.94. The summed E-state index contributed by atoms with van der Waals surface area (Å²) in [6.07, 6.45) is 7.27. The first-order valence-corrected chi connectivity index (χ1v) is 8.36. The molecule has 22 heavy (non-hydrogen) atoms. The molecule has 1 heterocycles. The van der Waals surface area contributed by atoms with Gasteiger partial charge in [-0.1, -0.05) is 6.42 Å². The minimum Gasteiger partial charge on any atom is -0.330 e. The lowest BCUT2D eigenvalue weighted by molar-refractivity contribution is 0.268. The Morgan fingerprint density at radius 1 is 1.18 bits per heavy atom. The van der Waals surface area contributed by atoms with Gasteiger partial charge in [0.05, 0.1) is 5.69 Å². The molecule has 0 radical (unpaired) electrons. The fourth-order valence-electron chi connectivity index (χ4n) is 3.02. The molecule has 5 nitrogen and oxygen atoms in total. The van der Waals surface area contributed by atoms with Crippen LogP contribution in [0.5, 0.6) is 0 Å². The molecule has 1 aromatic rings. The molecule has 6 N–H and O–H groups in total. The van der Waals surface area contributed by atoms with Crippen LogP contribution in [0.1, 0.15) is 36.9 Å². The minimum atomic E-state index is 0.583. The van der Waals surface area contributed by atoms with E-state index >= 15 is 0 Å². The standard InChI is InChI=1S/C9H20N2.C8H13N3/c1-11-7-9-4-2-3-8(5-9)6-10;1-10-6-8-4-7(5-9)2-3-11-8/h8-9,11H,2-7,10H2,1H3;2-4,10H,5-6,9H2,1H3. The van der Waals surface area contributed by atoms with Gasteiger partial charge in [0.2, 0.25) is 0 Å². The van der Waals surface area contributed by atoms with Crippen molar-refractivity contribution in [2.45, 2.75) is 38.8 Å². The van der Waals surface area contributed by atoms with E-state index in [0.29, 0.717) is 6.54 Å². The van der Waals surface area contributed by atoms with Crippen LogP contribution in [0.4, 0.5) is 0 Å². The van der Waals surface area contributed by atoms with Gasteiger partial charge in [0.1, 0.15) is 0 Å². The van der Waals surface area contributed by atoms with Crippen molar-refractivity contribution < 1.29 is 0 Å². The monoisotopic (exact) mass is 307 g/mol. The lowest BCUT2D eigenvalue weighted by Gasteiger charge is -2.27. The molecule has 1 aliphatic carbocycles. The number of pyridine rings is 1. The van der Waals surface area contributed by atoms with Crippen LogP contribution in [0.3, 0.4) is 0 Å². The van der Waals surface area contributed by atoms with Gasteiger partial charge in [-0.25, -0.2) is 0 Å². The first-order valence-electron chi connectivity index (χ1n) is 8.36. The Morgan fingerprint density at radius 3 is 2.59 bits per heavy atom. The van der Waals surface area contributed by atoms with E-state index in [4.69, 9.17) is 11.5 Å². The van der Waals surface area contributed by atoms with E-state index in [9.17, 15) is 0 Å². The molecule has 2 rings (SSSR count). The van der Waals surface area contributed by atoms with Crippen molar-refractivity contribution in [2.24, 2.45) is 23.3 Å². The number of aromatic nitrogens is 1. The van der Waals surface area contributed by atoms with Crippen molar-refractivity contribution in [2.75, 3.05) is 27.2 Å². The number of nitrogens with zero attached hydrogens (tertiary/aromatic N) is 1. The molecule has 0 bridgehead atoms. The molecular weight excluding hydrogens is 274 g/mol. The fourth-order valence-corrected chi connectivity index (χ4v) is 3.02. The second-order valence-electron chi connectivity index (χ2n) is 6.08. The molecule has 0 aliphatic heterocycles. The van der Waals surface area contributed by atoms with Crippen molar-refractivity contribution in [3.8, 4) is 0 Å². The van der Waals surface area contributed by atoms with Crippen molar-refractivity contribution in [1.82, 2.24) is 15.6 Å². The number of nitrogens with one attached hydrogen (secondary N) is 2. The summed E-state index contributed by atoms with van der Waals surface area (Å²) in [5.74, 6) is 1.70. The lowest BCUT2D eigenvalue weighted by atomic mass is 9.81. The predicted octanol–water partition coefficient (Wildman–Crippen LogP) is 1.23. The maximum atomic E-state index is 5.64. The average molecular weight is 307 g/mol. The zero-order valence-electron chi connectivity index (χ0n) is 14.1. The fraction of sp³-hybridized carbons (Fsp3) is 0.706. The van der Waals surface area contributed by atoms with Gasteiger partial charge in [-0.2, -0.15) is 0 Å². The smallest absolute Gasteiger partial charge is 0.0544 e. The molecule has 0 saturated heterocycles. The molecular formula is C17H33N5. The largest absolute Gasteiger partial charge is 0.330 e. The molecule has 0 amide bonds. The summed E-state index contributed by atoms with van der Waals surface area (Å²) >= 11 is 0. The molecule has 1 aromatic heterocycles. The summed E-state index contributed by atoms with van der Waals surface area (Å²) in [5, 5.41) is 6.27. The van der Waals surface area contributed by atoms with E-state index in [1.807, 2.05) is 26.2 Å². The average Bonchev–Trinajstić information content (AvgIpc) is 2.56. The Kier molecular flexibility index (Phi) is 9.99. The topological polar surface area (TPSA) is 89.0 Å². The maximum absolute atomic E-state index is 5.64. The zero-order valence-corrected chi connectivity index (χ0v) is 14.1. The van der Waals surface area contributed by atoms with Crippen LogP contribution < -0.4 is 22.1 Å². The SMILES string of the molecule is CNCC1CCCC(CN)C1.CNCc1cc(CN)ccn1. The van der Waals surface area contributed by atoms with E-state index < -0.39 is 0 Å². The van der Waals surface area contributed by atoms with Gasteiger partial charge in [0.15, 0.2) is 0 Å². The summed E-state index contributed by atoms with van der Waals surface area (Å²) in [5.41, 5.74) is 13.3. The van der Waals surface area contributed by atoms with E-state index in [-0.39, 0.29) is 0 Å². The van der Waals surface area contributed by atoms with Crippen LogP contribution in [0.25, 0.3) is 0 Å². The van der Waals surface area contributed by atoms with Crippen LogP contribution in [-0.2, 0) is 13.1 Å². The van der Waals surface area contributed by atoms with Gasteiger partial charge in [-0.3, -0.25) is 4.98 Å². The van der Waals surface area contributed by atoms with Gasteiger partial charge >= 0.3 is 0 Å². The summed E-state index contributed by atoms with van der Waals surface area (Å²) in [6.45, 7) is 3.45. The predicted molar refractivity (Wildman–Crippen MR) is 93.3 cm³/mol. The van der Waals surface area contributed by atoms with Crippen molar-refractivity contribution in [1.29, 1.82) is 0 Å². The Morgan fingerprint density at radius 2 is 1.95 bits per heavy atom. The molecule has 1 fully saturated rings.